The molecule has 0 spiro atoms. The molecule has 5 nitrogen and oxygen atoms in total. The number of aromatic nitrogens is 1. The van der Waals surface area contributed by atoms with Gasteiger partial charge in [-0.1, -0.05) is 0 Å². The molecule has 0 radical (unpaired) electrons. The summed E-state index contributed by atoms with van der Waals surface area (Å²) in [5, 5.41) is 16.2. The first-order valence-electron chi connectivity index (χ1n) is 6.22. The van der Waals surface area contributed by atoms with E-state index in [1.807, 2.05) is 5.38 Å². The molecule has 0 fully saturated rings. The Morgan fingerprint density at radius 3 is 2.45 bits per heavy atom. The highest BCUT2D eigenvalue weighted by Crippen LogP contribution is 2.37. The summed E-state index contributed by atoms with van der Waals surface area (Å²) >= 11 is 1.62. The number of hydrogen-bond donors (Lipinski definition) is 2. The van der Waals surface area contributed by atoms with Crippen LogP contribution in [0, 0.1) is 0 Å². The monoisotopic (exact) mass is 294 g/mol. The van der Waals surface area contributed by atoms with Gasteiger partial charge in [0.15, 0.2) is 11.5 Å². The maximum Gasteiger partial charge on any atom is 0.200 e. The van der Waals surface area contributed by atoms with Gasteiger partial charge in [-0.05, 0) is 24.6 Å². The maximum atomic E-state index is 9.86. The van der Waals surface area contributed by atoms with Crippen LogP contribution in [0.1, 0.15) is 23.5 Å². The van der Waals surface area contributed by atoms with Crippen molar-refractivity contribution in [3.8, 4) is 17.2 Å². The lowest BCUT2D eigenvalue weighted by Crippen LogP contribution is -2.17. The van der Waals surface area contributed by atoms with E-state index in [0.29, 0.717) is 18.0 Å². The number of phenols is 1. The standard InChI is InChI=1S/C14H18N2O3S/c1-9(14-15-4-5-20-14)16-8-10-6-11(18-2)13(17)12(7-10)19-3/h4-7,9,16-17H,8H2,1-3H3. The summed E-state index contributed by atoms with van der Waals surface area (Å²) in [6.45, 7) is 2.70. The molecule has 0 saturated carbocycles. The van der Waals surface area contributed by atoms with Crippen molar-refractivity contribution in [1.29, 1.82) is 0 Å². The van der Waals surface area contributed by atoms with Gasteiger partial charge in [-0.2, -0.15) is 0 Å². The Kier molecular flexibility index (Phi) is 4.81. The van der Waals surface area contributed by atoms with Crippen LogP contribution in [0.25, 0.3) is 0 Å². The average Bonchev–Trinajstić information content (AvgIpc) is 3.00. The molecule has 0 aliphatic rings. The molecule has 1 aromatic carbocycles. The smallest absolute Gasteiger partial charge is 0.200 e. The number of methoxy groups -OCH3 is 2. The van der Waals surface area contributed by atoms with Crippen LogP contribution in [0.3, 0.4) is 0 Å². The van der Waals surface area contributed by atoms with Gasteiger partial charge >= 0.3 is 0 Å². The number of nitrogens with one attached hydrogen (secondary N) is 1. The number of aromatic hydroxyl groups is 1. The van der Waals surface area contributed by atoms with Crippen molar-refractivity contribution in [2.45, 2.75) is 19.5 Å². The summed E-state index contributed by atoms with van der Waals surface area (Å²) in [5.41, 5.74) is 0.972. The van der Waals surface area contributed by atoms with Crippen molar-refractivity contribution < 1.29 is 14.6 Å². The van der Waals surface area contributed by atoms with Crippen molar-refractivity contribution in [1.82, 2.24) is 10.3 Å². The topological polar surface area (TPSA) is 63.6 Å². The Morgan fingerprint density at radius 2 is 1.95 bits per heavy atom. The number of hydrogen-bond acceptors (Lipinski definition) is 6. The lowest BCUT2D eigenvalue weighted by atomic mass is 10.1. The van der Waals surface area contributed by atoms with Gasteiger partial charge in [0.1, 0.15) is 5.01 Å². The maximum absolute atomic E-state index is 9.86. The third-order valence-corrected chi connectivity index (χ3v) is 3.93. The largest absolute Gasteiger partial charge is 0.502 e. The second-order valence-corrected chi connectivity index (χ2v) is 5.25. The molecule has 108 valence electrons. The molecular formula is C14H18N2O3S. The van der Waals surface area contributed by atoms with E-state index in [1.54, 1.807) is 29.7 Å². The number of ether oxygens (including phenoxy) is 2. The number of thiazole rings is 1. The zero-order valence-corrected chi connectivity index (χ0v) is 12.5. The lowest BCUT2D eigenvalue weighted by Gasteiger charge is -2.14. The number of nitrogens with zero attached hydrogens (tertiary/aromatic N) is 1. The summed E-state index contributed by atoms with van der Waals surface area (Å²) < 4.78 is 10.3. The Bertz CT molecular complexity index is 533. The molecule has 0 saturated heterocycles. The molecule has 0 aliphatic heterocycles. The molecule has 2 rings (SSSR count). The minimum absolute atomic E-state index is 0.0201. The van der Waals surface area contributed by atoms with Gasteiger partial charge in [0.05, 0.1) is 20.3 Å². The molecule has 2 N–H and O–H groups in total. The zero-order chi connectivity index (χ0) is 14.5. The predicted octanol–water partition coefficient (Wildman–Crippen LogP) is 2.72. The van der Waals surface area contributed by atoms with Crippen LogP contribution in [-0.2, 0) is 6.54 Å². The first kappa shape index (κ1) is 14.6. The van der Waals surface area contributed by atoms with Crippen molar-refractivity contribution in [3.63, 3.8) is 0 Å². The SMILES string of the molecule is COc1cc(CNC(C)c2nccs2)cc(OC)c1O. The van der Waals surface area contributed by atoms with Crippen LogP contribution >= 0.6 is 11.3 Å². The van der Waals surface area contributed by atoms with Gasteiger partial charge in [0, 0.05) is 18.1 Å². The third kappa shape index (κ3) is 3.20. The number of rotatable bonds is 6. The molecule has 20 heavy (non-hydrogen) atoms. The molecule has 0 amide bonds. The Morgan fingerprint density at radius 1 is 1.30 bits per heavy atom. The molecule has 0 bridgehead atoms. The molecule has 1 atom stereocenters. The quantitative estimate of drug-likeness (QED) is 0.857. The third-order valence-electron chi connectivity index (χ3n) is 2.97. The van der Waals surface area contributed by atoms with Gasteiger partial charge in [0.2, 0.25) is 5.75 Å². The normalized spacial score (nSPS) is 12.2. The molecule has 1 aromatic heterocycles. The van der Waals surface area contributed by atoms with E-state index < -0.39 is 0 Å². The summed E-state index contributed by atoms with van der Waals surface area (Å²) in [7, 11) is 3.04. The van der Waals surface area contributed by atoms with Gasteiger partial charge in [0.25, 0.3) is 0 Å². The van der Waals surface area contributed by atoms with Crippen LogP contribution in [0.15, 0.2) is 23.7 Å². The summed E-state index contributed by atoms with van der Waals surface area (Å²) in [6, 6.07) is 3.75. The predicted molar refractivity (Wildman–Crippen MR) is 78.6 cm³/mol. The fourth-order valence-corrected chi connectivity index (χ4v) is 2.53. The molecule has 2 aromatic rings. The fourth-order valence-electron chi connectivity index (χ4n) is 1.86. The molecule has 1 unspecified atom stereocenters. The summed E-state index contributed by atoms with van der Waals surface area (Å²) in [4.78, 5) is 4.28. The summed E-state index contributed by atoms with van der Waals surface area (Å²) in [5.74, 6) is 0.831. The highest BCUT2D eigenvalue weighted by molar-refractivity contribution is 7.09. The van der Waals surface area contributed by atoms with Crippen LogP contribution in [-0.4, -0.2) is 24.3 Å². The van der Waals surface area contributed by atoms with Gasteiger partial charge < -0.3 is 19.9 Å². The van der Waals surface area contributed by atoms with E-state index in [1.165, 1.54) is 14.2 Å². The Hall–Kier alpha value is -1.79. The second-order valence-electron chi connectivity index (χ2n) is 4.32. The lowest BCUT2D eigenvalue weighted by molar-refractivity contribution is 0.339. The van der Waals surface area contributed by atoms with E-state index in [4.69, 9.17) is 9.47 Å². The molecular weight excluding hydrogens is 276 g/mol. The summed E-state index contributed by atoms with van der Waals surface area (Å²) in [6.07, 6.45) is 1.80. The van der Waals surface area contributed by atoms with E-state index in [0.717, 1.165) is 10.6 Å². The Balaban J connectivity index is 2.09. The molecule has 6 heteroatoms. The van der Waals surface area contributed by atoms with Gasteiger partial charge in [-0.15, -0.1) is 11.3 Å². The Labute approximate surface area is 122 Å². The van der Waals surface area contributed by atoms with E-state index in [9.17, 15) is 5.11 Å². The van der Waals surface area contributed by atoms with E-state index in [2.05, 4.69) is 17.2 Å². The number of phenolic OH excluding ortho intramolecular Hbond substituents is 1. The van der Waals surface area contributed by atoms with Crippen LogP contribution in [0.2, 0.25) is 0 Å². The highest BCUT2D eigenvalue weighted by atomic mass is 32.1. The second kappa shape index (κ2) is 6.58. The van der Waals surface area contributed by atoms with Gasteiger partial charge in [-0.25, -0.2) is 4.98 Å². The van der Waals surface area contributed by atoms with Crippen molar-refractivity contribution in [2.24, 2.45) is 0 Å². The minimum Gasteiger partial charge on any atom is -0.502 e. The van der Waals surface area contributed by atoms with E-state index in [-0.39, 0.29) is 11.8 Å². The fraction of sp³-hybridized carbons (Fsp3) is 0.357. The van der Waals surface area contributed by atoms with E-state index >= 15 is 0 Å². The van der Waals surface area contributed by atoms with Crippen molar-refractivity contribution in [3.05, 3.63) is 34.3 Å². The van der Waals surface area contributed by atoms with Crippen LogP contribution in [0.5, 0.6) is 17.2 Å². The van der Waals surface area contributed by atoms with Crippen molar-refractivity contribution >= 4 is 11.3 Å². The van der Waals surface area contributed by atoms with Crippen LogP contribution < -0.4 is 14.8 Å². The van der Waals surface area contributed by atoms with Crippen LogP contribution in [0.4, 0.5) is 0 Å². The van der Waals surface area contributed by atoms with Gasteiger partial charge in [-0.3, -0.25) is 0 Å². The zero-order valence-electron chi connectivity index (χ0n) is 11.7. The average molecular weight is 294 g/mol. The van der Waals surface area contributed by atoms with Crippen molar-refractivity contribution in [2.75, 3.05) is 14.2 Å². The highest BCUT2D eigenvalue weighted by Gasteiger charge is 2.12. The first-order valence-corrected chi connectivity index (χ1v) is 7.10. The molecule has 0 aliphatic carbocycles. The molecule has 1 heterocycles. The minimum atomic E-state index is 0.0201. The number of benzene rings is 1. The first-order chi connectivity index (χ1) is 9.65.